The van der Waals surface area contributed by atoms with E-state index in [1.807, 2.05) is 19.2 Å². The molecule has 0 spiro atoms. The van der Waals surface area contributed by atoms with Gasteiger partial charge in [0.15, 0.2) is 5.82 Å². The van der Waals surface area contributed by atoms with E-state index in [0.717, 1.165) is 44.0 Å². The minimum Gasteiger partial charge on any atom is -0.469 e. The lowest BCUT2D eigenvalue weighted by atomic mass is 9.98. The Morgan fingerprint density at radius 2 is 2.08 bits per heavy atom. The van der Waals surface area contributed by atoms with E-state index in [4.69, 9.17) is 15.2 Å². The average molecular weight is 349 g/mol. The summed E-state index contributed by atoms with van der Waals surface area (Å²) in [6, 6.07) is 2.35. The Bertz CT molecular complexity index is 571. The van der Waals surface area contributed by atoms with Crippen LogP contribution in [0.15, 0.2) is 12.3 Å². The first-order valence-electron chi connectivity index (χ1n) is 9.09. The number of nitrogen functional groups attached to an aromatic ring is 1. The van der Waals surface area contributed by atoms with E-state index in [9.17, 15) is 4.79 Å². The normalized spacial score (nSPS) is 16.7. The fourth-order valence-corrected chi connectivity index (χ4v) is 3.25. The van der Waals surface area contributed by atoms with E-state index in [2.05, 4.69) is 23.7 Å². The Kier molecular flexibility index (Phi) is 7.05. The van der Waals surface area contributed by atoms with Gasteiger partial charge in [0.25, 0.3) is 0 Å². The summed E-state index contributed by atoms with van der Waals surface area (Å²) in [5.74, 6) is 1.16. The van der Waals surface area contributed by atoms with E-state index in [-0.39, 0.29) is 11.9 Å². The molecule has 2 N–H and O–H groups in total. The van der Waals surface area contributed by atoms with Crippen LogP contribution in [-0.2, 0) is 14.3 Å². The Morgan fingerprint density at radius 1 is 1.40 bits per heavy atom. The molecule has 0 aliphatic carbocycles. The molecule has 0 saturated carbocycles. The maximum absolute atomic E-state index is 11.5. The van der Waals surface area contributed by atoms with Crippen LogP contribution >= 0.6 is 0 Å². The first-order valence-corrected chi connectivity index (χ1v) is 9.09. The molecule has 1 unspecified atom stereocenters. The molecule has 1 aromatic rings. The Balaban J connectivity index is 2.21. The number of methoxy groups -OCH3 is 1. The van der Waals surface area contributed by atoms with Gasteiger partial charge in [-0.2, -0.15) is 0 Å². The number of anilines is 2. The summed E-state index contributed by atoms with van der Waals surface area (Å²) in [4.78, 5) is 18.5. The molecule has 140 valence electrons. The van der Waals surface area contributed by atoms with Gasteiger partial charge in [-0.1, -0.05) is 20.8 Å². The van der Waals surface area contributed by atoms with Crippen LogP contribution < -0.4 is 10.6 Å². The van der Waals surface area contributed by atoms with Gasteiger partial charge in [-0.05, 0) is 36.3 Å². The van der Waals surface area contributed by atoms with Crippen molar-refractivity contribution >= 4 is 17.5 Å². The number of hydrogen-bond donors (Lipinski definition) is 1. The summed E-state index contributed by atoms with van der Waals surface area (Å²) >= 11 is 0. The van der Waals surface area contributed by atoms with Crippen LogP contribution in [0.25, 0.3) is 0 Å². The van der Waals surface area contributed by atoms with Crippen molar-refractivity contribution in [1.29, 1.82) is 0 Å². The lowest BCUT2D eigenvalue weighted by Crippen LogP contribution is -2.42. The summed E-state index contributed by atoms with van der Waals surface area (Å²) < 4.78 is 10.2. The molecule has 6 nitrogen and oxygen atoms in total. The third-order valence-corrected chi connectivity index (χ3v) is 4.65. The first kappa shape index (κ1) is 19.5. The molecule has 6 heteroatoms. The maximum Gasteiger partial charge on any atom is 0.306 e. The molecule has 25 heavy (non-hydrogen) atoms. The quantitative estimate of drug-likeness (QED) is 0.763. The maximum atomic E-state index is 11.5. The van der Waals surface area contributed by atoms with E-state index in [1.54, 1.807) is 0 Å². The number of carbonyl (C=O) groups excluding carboxylic acids is 1. The molecule has 0 amide bonds. The van der Waals surface area contributed by atoms with Crippen LogP contribution in [-0.4, -0.2) is 43.9 Å². The van der Waals surface area contributed by atoms with Crippen molar-refractivity contribution in [3.05, 3.63) is 17.8 Å². The topological polar surface area (TPSA) is 77.7 Å². The van der Waals surface area contributed by atoms with Gasteiger partial charge in [-0.25, -0.2) is 4.98 Å². The highest BCUT2D eigenvalue weighted by atomic mass is 16.5. The van der Waals surface area contributed by atoms with Crippen molar-refractivity contribution in [2.45, 2.75) is 52.0 Å². The molecule has 1 aliphatic rings. The molecule has 2 heterocycles. The van der Waals surface area contributed by atoms with Gasteiger partial charge in [0.05, 0.1) is 19.2 Å². The zero-order chi connectivity index (χ0) is 18.4. The van der Waals surface area contributed by atoms with Crippen molar-refractivity contribution in [2.24, 2.45) is 5.92 Å². The zero-order valence-electron chi connectivity index (χ0n) is 15.8. The van der Waals surface area contributed by atoms with Crippen molar-refractivity contribution in [1.82, 2.24) is 4.98 Å². The highest BCUT2D eigenvalue weighted by Gasteiger charge is 2.25. The number of nitrogens with two attached hydrogens (primary N) is 1. The summed E-state index contributed by atoms with van der Waals surface area (Å²) in [6.45, 7) is 8.88. The van der Waals surface area contributed by atoms with Gasteiger partial charge in [0.1, 0.15) is 0 Å². The third-order valence-electron chi connectivity index (χ3n) is 4.65. The molecular formula is C19H31N3O3. The van der Waals surface area contributed by atoms with Gasteiger partial charge in [0, 0.05) is 32.0 Å². The highest BCUT2D eigenvalue weighted by Crippen LogP contribution is 2.30. The number of pyridine rings is 1. The lowest BCUT2D eigenvalue weighted by Gasteiger charge is -2.37. The molecular weight excluding hydrogens is 318 g/mol. The number of rotatable bonds is 7. The molecule has 2 rings (SSSR count). The summed E-state index contributed by atoms with van der Waals surface area (Å²) in [6.07, 6.45) is 4.15. The third kappa shape index (κ3) is 5.33. The minimum absolute atomic E-state index is 0.0259. The molecule has 1 aromatic heterocycles. The predicted octanol–water partition coefficient (Wildman–Crippen LogP) is 2.97. The number of esters is 1. The lowest BCUT2D eigenvalue weighted by molar-refractivity contribution is -0.140. The van der Waals surface area contributed by atoms with E-state index < -0.39 is 0 Å². The SMILES string of the molecule is COC(=O)CC(C)c1cnc(N(CC(C)C)C2CCOCC2)c(N)c1. The van der Waals surface area contributed by atoms with Crippen LogP contribution in [0.4, 0.5) is 11.5 Å². The number of ether oxygens (including phenoxy) is 2. The molecule has 0 radical (unpaired) electrons. The second-order valence-corrected chi connectivity index (χ2v) is 7.25. The average Bonchev–Trinajstić information content (AvgIpc) is 2.60. The number of carbonyl (C=O) groups is 1. The highest BCUT2D eigenvalue weighted by molar-refractivity contribution is 5.71. The van der Waals surface area contributed by atoms with Crippen LogP contribution in [0.3, 0.4) is 0 Å². The predicted molar refractivity (Wildman–Crippen MR) is 99.7 cm³/mol. The van der Waals surface area contributed by atoms with Gasteiger partial charge >= 0.3 is 5.97 Å². The fourth-order valence-electron chi connectivity index (χ4n) is 3.25. The Hall–Kier alpha value is -1.82. The van der Waals surface area contributed by atoms with Crippen molar-refractivity contribution in [3.63, 3.8) is 0 Å². The number of hydrogen-bond acceptors (Lipinski definition) is 6. The van der Waals surface area contributed by atoms with Gasteiger partial charge in [-0.15, -0.1) is 0 Å². The van der Waals surface area contributed by atoms with Gasteiger partial charge < -0.3 is 20.1 Å². The van der Waals surface area contributed by atoms with Gasteiger partial charge in [0.2, 0.25) is 0 Å². The molecule has 1 fully saturated rings. The molecule has 1 saturated heterocycles. The number of aromatic nitrogens is 1. The summed E-state index contributed by atoms with van der Waals surface area (Å²) in [5.41, 5.74) is 7.98. The van der Waals surface area contributed by atoms with Crippen molar-refractivity contribution < 1.29 is 14.3 Å². The Labute approximate surface area is 150 Å². The van der Waals surface area contributed by atoms with E-state index in [0.29, 0.717) is 24.1 Å². The van der Waals surface area contributed by atoms with Gasteiger partial charge in [-0.3, -0.25) is 4.79 Å². The van der Waals surface area contributed by atoms with Crippen molar-refractivity contribution in [3.8, 4) is 0 Å². The first-order chi connectivity index (χ1) is 11.9. The summed E-state index contributed by atoms with van der Waals surface area (Å²) in [5, 5.41) is 0. The largest absolute Gasteiger partial charge is 0.469 e. The molecule has 0 aromatic carbocycles. The van der Waals surface area contributed by atoms with Crippen LogP contribution in [0, 0.1) is 5.92 Å². The monoisotopic (exact) mass is 349 g/mol. The zero-order valence-corrected chi connectivity index (χ0v) is 15.8. The van der Waals surface area contributed by atoms with E-state index >= 15 is 0 Å². The van der Waals surface area contributed by atoms with Crippen molar-refractivity contribution in [2.75, 3.05) is 37.5 Å². The van der Waals surface area contributed by atoms with Crippen LogP contribution in [0.1, 0.15) is 51.5 Å². The minimum atomic E-state index is -0.223. The molecule has 1 atom stereocenters. The van der Waals surface area contributed by atoms with Crippen LogP contribution in [0.2, 0.25) is 0 Å². The standard InChI is InChI=1S/C19H31N3O3/c1-13(2)12-22(16-5-7-25-8-6-16)19-17(20)10-15(11-21-19)14(3)9-18(23)24-4/h10-11,13-14,16H,5-9,12,20H2,1-4H3. The fraction of sp³-hybridized carbons (Fsp3) is 0.684. The smallest absolute Gasteiger partial charge is 0.306 e. The summed E-state index contributed by atoms with van der Waals surface area (Å²) in [7, 11) is 1.41. The van der Waals surface area contributed by atoms with Crippen LogP contribution in [0.5, 0.6) is 0 Å². The number of nitrogens with zero attached hydrogens (tertiary/aromatic N) is 2. The second-order valence-electron chi connectivity index (χ2n) is 7.25. The second kappa shape index (κ2) is 9.04. The molecule has 1 aliphatic heterocycles. The molecule has 0 bridgehead atoms. The van der Waals surface area contributed by atoms with E-state index in [1.165, 1.54) is 7.11 Å². The Morgan fingerprint density at radius 3 is 2.64 bits per heavy atom.